The number of nitrogens with one attached hydrogen (secondary N) is 1. The highest BCUT2D eigenvalue weighted by Crippen LogP contribution is 2.29. The van der Waals surface area contributed by atoms with Crippen LogP contribution >= 0.6 is 0 Å². The second kappa shape index (κ2) is 7.39. The van der Waals surface area contributed by atoms with Crippen molar-refractivity contribution in [2.24, 2.45) is 0 Å². The Kier molecular flexibility index (Phi) is 5.28. The molecule has 0 radical (unpaired) electrons. The zero-order valence-electron chi connectivity index (χ0n) is 13.3. The van der Waals surface area contributed by atoms with Crippen LogP contribution in [0, 0.1) is 0 Å². The van der Waals surface area contributed by atoms with E-state index in [2.05, 4.69) is 52.5 Å². The van der Waals surface area contributed by atoms with Crippen LogP contribution in [0.1, 0.15) is 31.2 Å². The molecule has 1 saturated heterocycles. The van der Waals surface area contributed by atoms with Crippen molar-refractivity contribution in [2.75, 3.05) is 33.2 Å². The molecule has 0 amide bonds. The molecule has 1 aliphatic carbocycles. The van der Waals surface area contributed by atoms with E-state index in [0.29, 0.717) is 0 Å². The smallest absolute Gasteiger partial charge is 0.0230 e. The average molecular weight is 287 g/mol. The van der Waals surface area contributed by atoms with Gasteiger partial charge in [0.1, 0.15) is 0 Å². The van der Waals surface area contributed by atoms with Gasteiger partial charge in [0, 0.05) is 31.7 Å². The fourth-order valence-corrected chi connectivity index (χ4v) is 3.35. The number of benzene rings is 1. The van der Waals surface area contributed by atoms with E-state index in [1.54, 1.807) is 0 Å². The summed E-state index contributed by atoms with van der Waals surface area (Å²) in [7, 11) is 2.22. The van der Waals surface area contributed by atoms with E-state index in [4.69, 9.17) is 0 Å². The summed E-state index contributed by atoms with van der Waals surface area (Å²) in [6, 6.07) is 12.4. The Hall–Kier alpha value is -0.900. The molecule has 1 aromatic rings. The Morgan fingerprint density at radius 1 is 1.19 bits per heavy atom. The molecule has 0 spiro atoms. The van der Waals surface area contributed by atoms with Crippen LogP contribution in [0.25, 0.3) is 0 Å². The molecule has 3 heteroatoms. The molecule has 1 aliphatic heterocycles. The summed E-state index contributed by atoms with van der Waals surface area (Å²) in [6.07, 6.45) is 5.47. The van der Waals surface area contributed by atoms with Gasteiger partial charge in [0.25, 0.3) is 0 Å². The van der Waals surface area contributed by atoms with Crippen molar-refractivity contribution in [1.82, 2.24) is 15.1 Å². The number of nitrogens with zero attached hydrogens (tertiary/aromatic N) is 2. The first-order valence-electron chi connectivity index (χ1n) is 8.51. The molecule has 3 nitrogen and oxygen atoms in total. The summed E-state index contributed by atoms with van der Waals surface area (Å²) in [4.78, 5) is 5.10. The highest BCUT2D eigenvalue weighted by molar-refractivity contribution is 5.14. The van der Waals surface area contributed by atoms with E-state index in [9.17, 15) is 0 Å². The molecule has 1 unspecified atom stereocenters. The monoisotopic (exact) mass is 287 g/mol. The SMILES string of the molecule is CN(CCCNC1CCN(C2CC2)C1)Cc1ccccc1. The molecule has 2 fully saturated rings. The largest absolute Gasteiger partial charge is 0.313 e. The standard InChI is InChI=1S/C18H29N3/c1-20(14-16-6-3-2-4-7-16)12-5-11-19-17-10-13-21(15-17)18-8-9-18/h2-4,6-7,17-19H,5,8-15H2,1H3. The zero-order valence-corrected chi connectivity index (χ0v) is 13.3. The van der Waals surface area contributed by atoms with Crippen molar-refractivity contribution < 1.29 is 0 Å². The third kappa shape index (κ3) is 4.80. The predicted octanol–water partition coefficient (Wildman–Crippen LogP) is 2.33. The summed E-state index contributed by atoms with van der Waals surface area (Å²) in [5.74, 6) is 0. The van der Waals surface area contributed by atoms with Gasteiger partial charge in [0.05, 0.1) is 0 Å². The highest BCUT2D eigenvalue weighted by atomic mass is 15.2. The first-order chi connectivity index (χ1) is 10.3. The summed E-state index contributed by atoms with van der Waals surface area (Å²) < 4.78 is 0. The second-order valence-corrected chi connectivity index (χ2v) is 6.74. The minimum atomic E-state index is 0.741. The van der Waals surface area contributed by atoms with Crippen molar-refractivity contribution >= 4 is 0 Å². The third-order valence-electron chi connectivity index (χ3n) is 4.73. The van der Waals surface area contributed by atoms with Crippen LogP contribution in [-0.4, -0.2) is 55.1 Å². The van der Waals surface area contributed by atoms with Gasteiger partial charge in [0.15, 0.2) is 0 Å². The lowest BCUT2D eigenvalue weighted by molar-refractivity contribution is 0.306. The lowest BCUT2D eigenvalue weighted by atomic mass is 10.2. The van der Waals surface area contributed by atoms with Gasteiger partial charge in [-0.25, -0.2) is 0 Å². The molecule has 0 bridgehead atoms. The van der Waals surface area contributed by atoms with Gasteiger partial charge >= 0.3 is 0 Å². The van der Waals surface area contributed by atoms with Crippen molar-refractivity contribution in [3.8, 4) is 0 Å². The van der Waals surface area contributed by atoms with Crippen LogP contribution in [0.2, 0.25) is 0 Å². The second-order valence-electron chi connectivity index (χ2n) is 6.74. The molecule has 1 aromatic carbocycles. The van der Waals surface area contributed by atoms with Crippen LogP contribution in [0.5, 0.6) is 0 Å². The Morgan fingerprint density at radius 3 is 2.76 bits per heavy atom. The lowest BCUT2D eigenvalue weighted by Crippen LogP contribution is -2.35. The van der Waals surface area contributed by atoms with Crippen LogP contribution < -0.4 is 5.32 Å². The zero-order chi connectivity index (χ0) is 14.5. The summed E-state index contributed by atoms with van der Waals surface area (Å²) in [5, 5.41) is 3.75. The maximum Gasteiger partial charge on any atom is 0.0230 e. The fourth-order valence-electron chi connectivity index (χ4n) is 3.35. The van der Waals surface area contributed by atoms with Crippen LogP contribution in [0.15, 0.2) is 30.3 Å². The van der Waals surface area contributed by atoms with Crippen molar-refractivity contribution in [3.05, 3.63) is 35.9 Å². The van der Waals surface area contributed by atoms with Crippen LogP contribution in [0.4, 0.5) is 0 Å². The minimum absolute atomic E-state index is 0.741. The Morgan fingerprint density at radius 2 is 2.00 bits per heavy atom. The molecule has 21 heavy (non-hydrogen) atoms. The van der Waals surface area contributed by atoms with Gasteiger partial charge in [-0.2, -0.15) is 0 Å². The van der Waals surface area contributed by atoms with Gasteiger partial charge in [-0.05, 0) is 51.4 Å². The quantitative estimate of drug-likeness (QED) is 0.740. The number of likely N-dealkylation sites (tertiary alicyclic amines) is 1. The van der Waals surface area contributed by atoms with Gasteiger partial charge in [-0.3, -0.25) is 4.90 Å². The van der Waals surface area contributed by atoms with Gasteiger partial charge in [-0.15, -0.1) is 0 Å². The van der Waals surface area contributed by atoms with Crippen LogP contribution in [0.3, 0.4) is 0 Å². The van der Waals surface area contributed by atoms with Crippen LogP contribution in [-0.2, 0) is 6.54 Å². The van der Waals surface area contributed by atoms with Crippen molar-refractivity contribution in [3.63, 3.8) is 0 Å². The predicted molar refractivity (Wildman–Crippen MR) is 88.4 cm³/mol. The summed E-state index contributed by atoms with van der Waals surface area (Å²) >= 11 is 0. The highest BCUT2D eigenvalue weighted by Gasteiger charge is 2.33. The number of rotatable bonds is 8. The molecule has 2 aliphatic rings. The average Bonchev–Trinajstić information content (AvgIpc) is 3.24. The van der Waals surface area contributed by atoms with E-state index in [0.717, 1.165) is 25.2 Å². The molecular formula is C18H29N3. The fraction of sp³-hybridized carbons (Fsp3) is 0.667. The minimum Gasteiger partial charge on any atom is -0.313 e. The van der Waals surface area contributed by atoms with Crippen molar-refractivity contribution in [2.45, 2.75) is 44.3 Å². The molecule has 3 rings (SSSR count). The maximum atomic E-state index is 3.75. The van der Waals surface area contributed by atoms with E-state index >= 15 is 0 Å². The van der Waals surface area contributed by atoms with Gasteiger partial charge in [-0.1, -0.05) is 30.3 Å². The molecule has 1 saturated carbocycles. The van der Waals surface area contributed by atoms with E-state index in [1.165, 1.54) is 50.9 Å². The molecule has 1 atom stereocenters. The summed E-state index contributed by atoms with van der Waals surface area (Å²) in [5.41, 5.74) is 1.41. The third-order valence-corrected chi connectivity index (χ3v) is 4.73. The van der Waals surface area contributed by atoms with E-state index in [-0.39, 0.29) is 0 Å². The Labute approximate surface area is 129 Å². The maximum absolute atomic E-state index is 3.75. The van der Waals surface area contributed by atoms with Gasteiger partial charge < -0.3 is 10.2 Å². The number of hydrogen-bond acceptors (Lipinski definition) is 3. The lowest BCUT2D eigenvalue weighted by Gasteiger charge is -2.18. The normalized spacial score (nSPS) is 23.0. The first kappa shape index (κ1) is 15.0. The number of hydrogen-bond donors (Lipinski definition) is 1. The Bertz CT molecular complexity index is 416. The molecule has 116 valence electrons. The van der Waals surface area contributed by atoms with Gasteiger partial charge in [0.2, 0.25) is 0 Å². The topological polar surface area (TPSA) is 18.5 Å². The van der Waals surface area contributed by atoms with E-state index < -0.39 is 0 Å². The molecular weight excluding hydrogens is 258 g/mol. The molecule has 0 aromatic heterocycles. The van der Waals surface area contributed by atoms with E-state index in [1.807, 2.05) is 0 Å². The first-order valence-corrected chi connectivity index (χ1v) is 8.51. The molecule has 1 heterocycles. The van der Waals surface area contributed by atoms with Crippen molar-refractivity contribution in [1.29, 1.82) is 0 Å². The Balaban J connectivity index is 1.26. The summed E-state index contributed by atoms with van der Waals surface area (Å²) in [6.45, 7) is 5.98. The molecule has 1 N–H and O–H groups in total.